The predicted octanol–water partition coefficient (Wildman–Crippen LogP) is 3.60. The fourth-order valence-corrected chi connectivity index (χ4v) is 1.92. The average Bonchev–Trinajstić information content (AvgIpc) is 2.31. The van der Waals surface area contributed by atoms with Crippen LogP contribution in [-0.2, 0) is 4.79 Å². The molecule has 3 heteroatoms. The van der Waals surface area contributed by atoms with Crippen LogP contribution in [0.4, 0.5) is 0 Å². The van der Waals surface area contributed by atoms with Gasteiger partial charge < -0.3 is 10.2 Å². The minimum absolute atomic E-state index is 0.187. The molecular weight excluding hydrogens is 216 g/mol. The topological polar surface area (TPSA) is 57.5 Å². The molecule has 17 heavy (non-hydrogen) atoms. The zero-order valence-corrected chi connectivity index (χ0v) is 11.2. The van der Waals surface area contributed by atoms with Crippen molar-refractivity contribution >= 4 is 5.97 Å². The molecule has 0 saturated carbocycles. The van der Waals surface area contributed by atoms with Gasteiger partial charge in [-0.25, -0.2) is 0 Å². The lowest BCUT2D eigenvalue weighted by atomic mass is 10.0. The number of carboxylic acids is 1. The molecule has 0 fully saturated rings. The van der Waals surface area contributed by atoms with Crippen LogP contribution in [0.1, 0.15) is 71.1 Å². The summed E-state index contributed by atoms with van der Waals surface area (Å²) in [5.74, 6) is -0.859. The highest BCUT2D eigenvalue weighted by Crippen LogP contribution is 2.13. The normalized spacial score (nSPS) is 12.6. The Kier molecular flexibility index (Phi) is 11.5. The van der Waals surface area contributed by atoms with E-state index in [0.717, 1.165) is 32.1 Å². The van der Waals surface area contributed by atoms with Gasteiger partial charge in [0.15, 0.2) is 0 Å². The van der Waals surface area contributed by atoms with Crippen LogP contribution in [0.3, 0.4) is 0 Å². The van der Waals surface area contributed by atoms with Crippen LogP contribution in [0.25, 0.3) is 0 Å². The molecule has 0 aliphatic heterocycles. The molecule has 2 N–H and O–H groups in total. The van der Waals surface area contributed by atoms with E-state index in [1.807, 2.05) is 0 Å². The third kappa shape index (κ3) is 11.7. The zero-order chi connectivity index (χ0) is 12.9. The summed E-state index contributed by atoms with van der Waals surface area (Å²) in [5, 5.41) is 17.3. The van der Waals surface area contributed by atoms with E-state index in [1.165, 1.54) is 32.1 Å². The molecule has 1 atom stereocenters. The summed E-state index contributed by atoms with van der Waals surface area (Å²) >= 11 is 0. The highest BCUT2D eigenvalue weighted by Gasteiger charge is 2.09. The SMILES string of the molecule is CC(CCCCCCCCCCCO)C(=O)O. The number of rotatable bonds is 12. The minimum Gasteiger partial charge on any atom is -0.481 e. The van der Waals surface area contributed by atoms with Crippen molar-refractivity contribution in [2.75, 3.05) is 6.61 Å². The largest absolute Gasteiger partial charge is 0.481 e. The smallest absolute Gasteiger partial charge is 0.306 e. The van der Waals surface area contributed by atoms with Crippen LogP contribution < -0.4 is 0 Å². The Labute approximate surface area is 105 Å². The Morgan fingerprint density at radius 3 is 1.71 bits per heavy atom. The summed E-state index contributed by atoms with van der Waals surface area (Å²) in [6.07, 6.45) is 11.4. The second kappa shape index (κ2) is 11.9. The molecule has 0 heterocycles. The maximum absolute atomic E-state index is 10.6. The Balaban J connectivity index is 3.06. The number of hydrogen-bond donors (Lipinski definition) is 2. The summed E-state index contributed by atoms with van der Waals surface area (Å²) < 4.78 is 0. The summed E-state index contributed by atoms with van der Waals surface area (Å²) in [5.41, 5.74) is 0. The highest BCUT2D eigenvalue weighted by molar-refractivity contribution is 5.69. The maximum Gasteiger partial charge on any atom is 0.306 e. The molecule has 0 amide bonds. The van der Waals surface area contributed by atoms with Gasteiger partial charge in [-0.1, -0.05) is 58.3 Å². The lowest BCUT2D eigenvalue weighted by Gasteiger charge is -2.05. The van der Waals surface area contributed by atoms with E-state index in [9.17, 15) is 4.79 Å². The number of carbonyl (C=O) groups is 1. The molecule has 3 nitrogen and oxygen atoms in total. The number of aliphatic hydroxyl groups is 1. The molecule has 1 unspecified atom stereocenters. The predicted molar refractivity (Wildman–Crippen MR) is 70.1 cm³/mol. The quantitative estimate of drug-likeness (QED) is 0.516. The second-order valence-electron chi connectivity index (χ2n) is 4.93. The van der Waals surface area contributed by atoms with Crippen LogP contribution in [0.2, 0.25) is 0 Å². The highest BCUT2D eigenvalue weighted by atomic mass is 16.4. The molecule has 0 spiro atoms. The molecule has 0 radical (unpaired) electrons. The first-order valence-corrected chi connectivity index (χ1v) is 7.02. The fraction of sp³-hybridized carbons (Fsp3) is 0.929. The van der Waals surface area contributed by atoms with Crippen molar-refractivity contribution in [1.29, 1.82) is 0 Å². The minimum atomic E-state index is -0.672. The maximum atomic E-state index is 10.6. The van der Waals surface area contributed by atoms with E-state index in [2.05, 4.69) is 0 Å². The van der Waals surface area contributed by atoms with Crippen LogP contribution in [0.5, 0.6) is 0 Å². The van der Waals surface area contributed by atoms with Gasteiger partial charge in [-0.15, -0.1) is 0 Å². The number of unbranched alkanes of at least 4 members (excludes halogenated alkanes) is 8. The monoisotopic (exact) mass is 244 g/mol. The molecule has 0 aliphatic rings. The summed E-state index contributed by atoms with van der Waals surface area (Å²) in [6, 6.07) is 0. The van der Waals surface area contributed by atoms with E-state index in [4.69, 9.17) is 10.2 Å². The Morgan fingerprint density at radius 2 is 1.29 bits per heavy atom. The van der Waals surface area contributed by atoms with Gasteiger partial charge in [0.1, 0.15) is 0 Å². The summed E-state index contributed by atoms with van der Waals surface area (Å²) in [4.78, 5) is 10.6. The van der Waals surface area contributed by atoms with Gasteiger partial charge in [-0.2, -0.15) is 0 Å². The zero-order valence-electron chi connectivity index (χ0n) is 11.2. The van der Waals surface area contributed by atoms with Crippen molar-refractivity contribution in [1.82, 2.24) is 0 Å². The number of aliphatic carboxylic acids is 1. The molecule has 0 aromatic rings. The third-order valence-corrected chi connectivity index (χ3v) is 3.22. The molecule has 0 aromatic carbocycles. The first kappa shape index (κ1) is 16.4. The van der Waals surface area contributed by atoms with Gasteiger partial charge in [0, 0.05) is 6.61 Å². The van der Waals surface area contributed by atoms with E-state index in [0.29, 0.717) is 6.61 Å². The van der Waals surface area contributed by atoms with Gasteiger partial charge in [-0.05, 0) is 12.8 Å². The third-order valence-electron chi connectivity index (χ3n) is 3.22. The molecule has 0 aromatic heterocycles. The summed E-state index contributed by atoms with van der Waals surface area (Å²) in [7, 11) is 0. The molecule has 0 rings (SSSR count). The van der Waals surface area contributed by atoms with Gasteiger partial charge in [0.05, 0.1) is 5.92 Å². The van der Waals surface area contributed by atoms with Crippen LogP contribution in [0, 0.1) is 5.92 Å². The molecular formula is C14H28O3. The lowest BCUT2D eigenvalue weighted by molar-refractivity contribution is -0.141. The standard InChI is InChI=1S/C14H28O3/c1-13(14(16)17)11-9-7-5-3-2-4-6-8-10-12-15/h13,15H,2-12H2,1H3,(H,16,17). The number of hydrogen-bond acceptors (Lipinski definition) is 2. The lowest BCUT2D eigenvalue weighted by Crippen LogP contribution is -2.08. The second-order valence-corrected chi connectivity index (χ2v) is 4.93. The van der Waals surface area contributed by atoms with Gasteiger partial charge in [0.2, 0.25) is 0 Å². The summed E-state index contributed by atoms with van der Waals surface area (Å²) in [6.45, 7) is 2.10. The van der Waals surface area contributed by atoms with Crippen molar-refractivity contribution in [2.45, 2.75) is 71.1 Å². The van der Waals surface area contributed by atoms with E-state index >= 15 is 0 Å². The molecule has 0 saturated heterocycles. The first-order valence-electron chi connectivity index (χ1n) is 7.02. The van der Waals surface area contributed by atoms with Crippen molar-refractivity contribution < 1.29 is 15.0 Å². The number of aliphatic hydroxyl groups excluding tert-OH is 1. The van der Waals surface area contributed by atoms with E-state index < -0.39 is 5.97 Å². The average molecular weight is 244 g/mol. The van der Waals surface area contributed by atoms with Crippen molar-refractivity contribution in [3.8, 4) is 0 Å². The van der Waals surface area contributed by atoms with Crippen LogP contribution >= 0.6 is 0 Å². The van der Waals surface area contributed by atoms with Crippen LogP contribution in [0.15, 0.2) is 0 Å². The first-order chi connectivity index (χ1) is 8.18. The van der Waals surface area contributed by atoms with Gasteiger partial charge >= 0.3 is 5.97 Å². The number of carboxylic acid groups (broad SMARTS) is 1. The van der Waals surface area contributed by atoms with E-state index in [-0.39, 0.29) is 5.92 Å². The molecule has 102 valence electrons. The Morgan fingerprint density at radius 1 is 0.882 bits per heavy atom. The van der Waals surface area contributed by atoms with Crippen molar-refractivity contribution in [2.24, 2.45) is 5.92 Å². The van der Waals surface area contributed by atoms with Gasteiger partial charge in [0.25, 0.3) is 0 Å². The van der Waals surface area contributed by atoms with Crippen LogP contribution in [-0.4, -0.2) is 22.8 Å². The van der Waals surface area contributed by atoms with Crippen molar-refractivity contribution in [3.05, 3.63) is 0 Å². The molecule has 0 aliphatic carbocycles. The van der Waals surface area contributed by atoms with Gasteiger partial charge in [-0.3, -0.25) is 4.79 Å². The Bertz CT molecular complexity index is 180. The fourth-order valence-electron chi connectivity index (χ4n) is 1.92. The Hall–Kier alpha value is -0.570. The van der Waals surface area contributed by atoms with Crippen molar-refractivity contribution in [3.63, 3.8) is 0 Å². The molecule has 0 bridgehead atoms. The van der Waals surface area contributed by atoms with E-state index in [1.54, 1.807) is 6.92 Å².